The summed E-state index contributed by atoms with van der Waals surface area (Å²) in [7, 11) is 0. The van der Waals surface area contributed by atoms with E-state index >= 15 is 0 Å². The molecule has 0 aliphatic carbocycles. The van der Waals surface area contributed by atoms with Gasteiger partial charge in [0.1, 0.15) is 0 Å². The maximum absolute atomic E-state index is 12.3. The molecule has 1 aromatic carbocycles. The van der Waals surface area contributed by atoms with E-state index in [2.05, 4.69) is 10.3 Å². The lowest BCUT2D eigenvalue weighted by atomic mass is 10.2. The second-order valence-electron chi connectivity index (χ2n) is 4.69. The first-order valence-corrected chi connectivity index (χ1v) is 8.15. The second-order valence-corrected chi connectivity index (χ2v) is 5.55. The predicted molar refractivity (Wildman–Crippen MR) is 88.2 cm³/mol. The first-order chi connectivity index (χ1) is 10.6. The van der Waals surface area contributed by atoms with Gasteiger partial charge in [0, 0.05) is 10.9 Å². The Morgan fingerprint density at radius 2 is 2.09 bits per heavy atom. The molecule has 1 amide bonds. The Kier molecular flexibility index (Phi) is 5.77. The predicted octanol–water partition coefficient (Wildman–Crippen LogP) is 3.89. The Labute approximate surface area is 134 Å². The van der Waals surface area contributed by atoms with Crippen molar-refractivity contribution < 1.29 is 14.3 Å². The van der Waals surface area contributed by atoms with Crippen molar-refractivity contribution in [1.82, 2.24) is 4.98 Å². The highest BCUT2D eigenvalue weighted by molar-refractivity contribution is 7.13. The molecule has 0 radical (unpaired) electrons. The van der Waals surface area contributed by atoms with E-state index in [1.807, 2.05) is 26.2 Å². The van der Waals surface area contributed by atoms with E-state index in [0.29, 0.717) is 35.4 Å². The quantitative estimate of drug-likeness (QED) is 0.840. The third-order valence-electron chi connectivity index (χ3n) is 2.81. The van der Waals surface area contributed by atoms with Crippen molar-refractivity contribution in [3.63, 3.8) is 0 Å². The molecule has 2 rings (SSSR count). The molecule has 118 valence electrons. The minimum absolute atomic E-state index is 0.211. The number of anilines is 1. The molecule has 22 heavy (non-hydrogen) atoms. The normalized spacial score (nSPS) is 10.3. The van der Waals surface area contributed by atoms with Crippen LogP contribution in [0.1, 0.15) is 36.3 Å². The number of hydrogen-bond donors (Lipinski definition) is 1. The highest BCUT2D eigenvalue weighted by atomic mass is 32.1. The molecule has 0 bridgehead atoms. The SMILES string of the molecule is CCCOc1ccc(C(=O)Nc2nc(C)cs2)cc1OCC. The molecule has 1 heterocycles. The highest BCUT2D eigenvalue weighted by Gasteiger charge is 2.13. The van der Waals surface area contributed by atoms with E-state index < -0.39 is 0 Å². The van der Waals surface area contributed by atoms with Gasteiger partial charge in [-0.2, -0.15) is 0 Å². The van der Waals surface area contributed by atoms with Crippen LogP contribution in [0.4, 0.5) is 5.13 Å². The fourth-order valence-corrected chi connectivity index (χ4v) is 2.51. The summed E-state index contributed by atoms with van der Waals surface area (Å²) >= 11 is 1.40. The molecule has 0 saturated carbocycles. The average molecular weight is 320 g/mol. The molecule has 2 aromatic rings. The largest absolute Gasteiger partial charge is 0.490 e. The Balaban J connectivity index is 2.16. The first-order valence-electron chi connectivity index (χ1n) is 7.27. The van der Waals surface area contributed by atoms with Crippen molar-refractivity contribution in [2.45, 2.75) is 27.2 Å². The minimum Gasteiger partial charge on any atom is -0.490 e. The van der Waals surface area contributed by atoms with Crippen LogP contribution in [0.2, 0.25) is 0 Å². The number of benzene rings is 1. The maximum Gasteiger partial charge on any atom is 0.257 e. The minimum atomic E-state index is -0.211. The van der Waals surface area contributed by atoms with Crippen LogP contribution in [0, 0.1) is 6.92 Å². The van der Waals surface area contributed by atoms with Gasteiger partial charge in [-0.05, 0) is 38.5 Å². The molecule has 0 aliphatic rings. The van der Waals surface area contributed by atoms with Crippen LogP contribution < -0.4 is 14.8 Å². The summed E-state index contributed by atoms with van der Waals surface area (Å²) < 4.78 is 11.2. The van der Waals surface area contributed by atoms with Gasteiger partial charge in [-0.3, -0.25) is 10.1 Å². The maximum atomic E-state index is 12.3. The lowest BCUT2D eigenvalue weighted by Crippen LogP contribution is -2.12. The van der Waals surface area contributed by atoms with Crippen molar-refractivity contribution in [3.8, 4) is 11.5 Å². The second kappa shape index (κ2) is 7.79. The summed E-state index contributed by atoms with van der Waals surface area (Å²) in [6.07, 6.45) is 0.914. The van der Waals surface area contributed by atoms with Crippen molar-refractivity contribution >= 4 is 22.4 Å². The summed E-state index contributed by atoms with van der Waals surface area (Å²) in [6, 6.07) is 5.19. The van der Waals surface area contributed by atoms with Crippen molar-refractivity contribution in [2.75, 3.05) is 18.5 Å². The molecule has 0 atom stereocenters. The zero-order valence-electron chi connectivity index (χ0n) is 13.0. The molecule has 6 heteroatoms. The zero-order valence-corrected chi connectivity index (χ0v) is 13.8. The van der Waals surface area contributed by atoms with Crippen LogP contribution in [-0.2, 0) is 0 Å². The molecule has 1 aromatic heterocycles. The fraction of sp³-hybridized carbons (Fsp3) is 0.375. The molecule has 0 unspecified atom stereocenters. The number of carbonyl (C=O) groups is 1. The number of rotatable bonds is 7. The van der Waals surface area contributed by atoms with Gasteiger partial charge in [0.05, 0.1) is 18.9 Å². The van der Waals surface area contributed by atoms with Gasteiger partial charge in [0.2, 0.25) is 0 Å². The van der Waals surface area contributed by atoms with E-state index in [1.165, 1.54) is 11.3 Å². The molecule has 0 saturated heterocycles. The number of amides is 1. The monoisotopic (exact) mass is 320 g/mol. The van der Waals surface area contributed by atoms with Gasteiger partial charge < -0.3 is 9.47 Å². The zero-order chi connectivity index (χ0) is 15.9. The average Bonchev–Trinajstić information content (AvgIpc) is 2.91. The molecular weight excluding hydrogens is 300 g/mol. The van der Waals surface area contributed by atoms with Crippen molar-refractivity contribution in [1.29, 1.82) is 0 Å². The number of aromatic nitrogens is 1. The fourth-order valence-electron chi connectivity index (χ4n) is 1.83. The number of aryl methyl sites for hydroxylation is 1. The summed E-state index contributed by atoms with van der Waals surface area (Å²) in [5, 5.41) is 5.26. The van der Waals surface area contributed by atoms with E-state index in [0.717, 1.165) is 12.1 Å². The lowest BCUT2D eigenvalue weighted by Gasteiger charge is -2.12. The molecule has 0 aliphatic heterocycles. The molecular formula is C16H20N2O3S. The number of thiazole rings is 1. The van der Waals surface area contributed by atoms with Crippen molar-refractivity contribution in [3.05, 3.63) is 34.8 Å². The van der Waals surface area contributed by atoms with Crippen LogP contribution in [0.5, 0.6) is 11.5 Å². The van der Waals surface area contributed by atoms with Crippen LogP contribution in [-0.4, -0.2) is 24.1 Å². The Bertz CT molecular complexity index is 640. The number of hydrogen-bond acceptors (Lipinski definition) is 5. The number of carbonyl (C=O) groups excluding carboxylic acids is 1. The van der Waals surface area contributed by atoms with E-state index in [9.17, 15) is 4.79 Å². The molecule has 0 spiro atoms. The van der Waals surface area contributed by atoms with Gasteiger partial charge >= 0.3 is 0 Å². The molecule has 5 nitrogen and oxygen atoms in total. The van der Waals surface area contributed by atoms with Crippen LogP contribution in [0.15, 0.2) is 23.6 Å². The van der Waals surface area contributed by atoms with E-state index in [4.69, 9.17) is 9.47 Å². The molecule has 0 fully saturated rings. The number of nitrogens with one attached hydrogen (secondary N) is 1. The topological polar surface area (TPSA) is 60.5 Å². The summed E-state index contributed by atoms with van der Waals surface area (Å²) in [5.74, 6) is 1.03. The van der Waals surface area contributed by atoms with Crippen LogP contribution in [0.25, 0.3) is 0 Å². The van der Waals surface area contributed by atoms with Crippen LogP contribution >= 0.6 is 11.3 Å². The van der Waals surface area contributed by atoms with Gasteiger partial charge in [0.25, 0.3) is 5.91 Å². The van der Waals surface area contributed by atoms with E-state index in [1.54, 1.807) is 18.2 Å². The summed E-state index contributed by atoms with van der Waals surface area (Å²) in [5.41, 5.74) is 1.40. The Morgan fingerprint density at radius 3 is 2.73 bits per heavy atom. The third-order valence-corrected chi connectivity index (χ3v) is 3.68. The smallest absolute Gasteiger partial charge is 0.257 e. The summed E-state index contributed by atoms with van der Waals surface area (Å²) in [4.78, 5) is 16.5. The number of ether oxygens (including phenoxy) is 2. The highest BCUT2D eigenvalue weighted by Crippen LogP contribution is 2.29. The van der Waals surface area contributed by atoms with E-state index in [-0.39, 0.29) is 5.91 Å². The standard InChI is InChI=1S/C16H20N2O3S/c1-4-8-21-13-7-6-12(9-14(13)20-5-2)15(19)18-16-17-11(3)10-22-16/h6-7,9-10H,4-5,8H2,1-3H3,(H,17,18,19). The van der Waals surface area contributed by atoms with Crippen LogP contribution in [0.3, 0.4) is 0 Å². The van der Waals surface area contributed by atoms with Crippen molar-refractivity contribution in [2.24, 2.45) is 0 Å². The lowest BCUT2D eigenvalue weighted by molar-refractivity contribution is 0.102. The van der Waals surface area contributed by atoms with Gasteiger partial charge in [-0.25, -0.2) is 4.98 Å². The Hall–Kier alpha value is -2.08. The molecule has 1 N–H and O–H groups in total. The Morgan fingerprint density at radius 1 is 1.27 bits per heavy atom. The first kappa shape index (κ1) is 16.3. The summed E-state index contributed by atoms with van der Waals surface area (Å²) in [6.45, 7) is 6.95. The van der Waals surface area contributed by atoms with Gasteiger partial charge in [0.15, 0.2) is 16.6 Å². The number of nitrogens with zero attached hydrogens (tertiary/aromatic N) is 1. The van der Waals surface area contributed by atoms with Gasteiger partial charge in [-0.15, -0.1) is 11.3 Å². The van der Waals surface area contributed by atoms with Gasteiger partial charge in [-0.1, -0.05) is 6.92 Å². The third kappa shape index (κ3) is 4.21.